The van der Waals surface area contributed by atoms with Crippen LogP contribution in [0.5, 0.6) is 0 Å². The zero-order valence-corrected chi connectivity index (χ0v) is 11.8. The summed E-state index contributed by atoms with van der Waals surface area (Å²) in [5.41, 5.74) is 2.97. The van der Waals surface area contributed by atoms with E-state index in [2.05, 4.69) is 19.3 Å². The van der Waals surface area contributed by atoms with Crippen LogP contribution in [0.4, 0.5) is 0 Å². The Morgan fingerprint density at radius 1 is 1.39 bits per heavy atom. The van der Waals surface area contributed by atoms with E-state index >= 15 is 0 Å². The van der Waals surface area contributed by atoms with Crippen molar-refractivity contribution in [3.8, 4) is 0 Å². The van der Waals surface area contributed by atoms with Gasteiger partial charge < -0.3 is 9.47 Å². The largest absolute Gasteiger partial charge is 0.381 e. The van der Waals surface area contributed by atoms with Gasteiger partial charge in [0.15, 0.2) is 0 Å². The smallest absolute Gasteiger partial charge is 0.0851 e. The van der Waals surface area contributed by atoms with Crippen LogP contribution in [0.2, 0.25) is 0 Å². The molecule has 18 heavy (non-hydrogen) atoms. The van der Waals surface area contributed by atoms with E-state index in [1.54, 1.807) is 0 Å². The molecule has 0 radical (unpaired) electrons. The van der Waals surface area contributed by atoms with Gasteiger partial charge in [-0.2, -0.15) is 0 Å². The fraction of sp³-hybridized carbons (Fsp3) is 1.00. The highest BCUT2D eigenvalue weighted by atomic mass is 16.5. The van der Waals surface area contributed by atoms with Gasteiger partial charge in [0.05, 0.1) is 18.2 Å². The molecule has 0 aromatic rings. The van der Waals surface area contributed by atoms with Gasteiger partial charge in [-0.3, -0.25) is 11.3 Å². The molecule has 2 atom stereocenters. The maximum atomic E-state index is 6.19. The van der Waals surface area contributed by atoms with Crippen LogP contribution in [0, 0.1) is 11.8 Å². The lowest BCUT2D eigenvalue weighted by Gasteiger charge is -2.46. The van der Waals surface area contributed by atoms with E-state index in [-0.39, 0.29) is 11.6 Å². The summed E-state index contributed by atoms with van der Waals surface area (Å²) in [6.07, 6.45) is 5.82. The Morgan fingerprint density at radius 2 is 2.11 bits per heavy atom. The molecule has 106 valence electrons. The van der Waals surface area contributed by atoms with Gasteiger partial charge in [-0.15, -0.1) is 0 Å². The molecular formula is C14H28N2O2. The van der Waals surface area contributed by atoms with Gasteiger partial charge >= 0.3 is 0 Å². The Morgan fingerprint density at radius 3 is 2.61 bits per heavy atom. The molecule has 0 bridgehead atoms. The molecule has 4 nitrogen and oxygen atoms in total. The van der Waals surface area contributed by atoms with E-state index in [9.17, 15) is 0 Å². The number of nitrogens with one attached hydrogen (secondary N) is 1. The lowest BCUT2D eigenvalue weighted by Crippen LogP contribution is -2.60. The second-order valence-corrected chi connectivity index (χ2v) is 5.95. The fourth-order valence-corrected chi connectivity index (χ4v) is 3.62. The first-order valence-corrected chi connectivity index (χ1v) is 7.39. The van der Waals surface area contributed by atoms with Crippen LogP contribution in [0.1, 0.15) is 46.0 Å². The quantitative estimate of drug-likeness (QED) is 0.582. The average Bonchev–Trinajstić information content (AvgIpc) is 2.88. The highest BCUT2D eigenvalue weighted by molar-refractivity contribution is 4.99. The first-order valence-electron chi connectivity index (χ1n) is 7.39. The number of hydrazine groups is 1. The lowest BCUT2D eigenvalue weighted by atomic mass is 9.71. The summed E-state index contributed by atoms with van der Waals surface area (Å²) in [6.45, 7) is 6.86. The first-order chi connectivity index (χ1) is 8.72. The van der Waals surface area contributed by atoms with Gasteiger partial charge in [0.1, 0.15) is 0 Å². The summed E-state index contributed by atoms with van der Waals surface area (Å²) in [6, 6.07) is 0.229. The van der Waals surface area contributed by atoms with Gasteiger partial charge in [-0.05, 0) is 44.9 Å². The van der Waals surface area contributed by atoms with E-state index in [0.29, 0.717) is 5.92 Å². The third-order valence-corrected chi connectivity index (χ3v) is 4.74. The zero-order chi connectivity index (χ0) is 13.0. The molecule has 1 saturated heterocycles. The molecule has 1 aliphatic heterocycles. The molecule has 2 aliphatic rings. The highest BCUT2D eigenvalue weighted by Crippen LogP contribution is 2.40. The monoisotopic (exact) mass is 256 g/mol. The third-order valence-electron chi connectivity index (χ3n) is 4.74. The highest BCUT2D eigenvalue weighted by Gasteiger charge is 2.45. The van der Waals surface area contributed by atoms with Crippen LogP contribution < -0.4 is 11.3 Å². The Labute approximate surface area is 111 Å². The predicted molar refractivity (Wildman–Crippen MR) is 72.0 cm³/mol. The molecule has 0 amide bonds. The molecule has 1 aliphatic carbocycles. The maximum Gasteiger partial charge on any atom is 0.0851 e. The number of ether oxygens (including phenoxy) is 2. The van der Waals surface area contributed by atoms with E-state index < -0.39 is 0 Å². The van der Waals surface area contributed by atoms with Gasteiger partial charge in [0.25, 0.3) is 0 Å². The van der Waals surface area contributed by atoms with Crippen LogP contribution in [0.25, 0.3) is 0 Å². The second-order valence-electron chi connectivity index (χ2n) is 5.95. The van der Waals surface area contributed by atoms with E-state index in [1.165, 1.54) is 12.8 Å². The van der Waals surface area contributed by atoms with Crippen LogP contribution in [0.3, 0.4) is 0 Å². The van der Waals surface area contributed by atoms with E-state index in [4.69, 9.17) is 15.3 Å². The number of hydrogen-bond acceptors (Lipinski definition) is 4. The molecule has 0 aromatic carbocycles. The molecule has 3 N–H and O–H groups in total. The van der Waals surface area contributed by atoms with Gasteiger partial charge in [-0.25, -0.2) is 0 Å². The van der Waals surface area contributed by atoms with Gasteiger partial charge in [0, 0.05) is 19.1 Å². The summed E-state index contributed by atoms with van der Waals surface area (Å²) in [5, 5.41) is 0. The summed E-state index contributed by atoms with van der Waals surface area (Å²) >= 11 is 0. The predicted octanol–water partition coefficient (Wildman–Crippen LogP) is 1.84. The van der Waals surface area contributed by atoms with Crippen LogP contribution >= 0.6 is 0 Å². The van der Waals surface area contributed by atoms with Crippen molar-refractivity contribution in [1.29, 1.82) is 0 Å². The third kappa shape index (κ3) is 2.87. The topological polar surface area (TPSA) is 56.5 Å². The van der Waals surface area contributed by atoms with Gasteiger partial charge in [-0.1, -0.05) is 6.92 Å². The fourth-order valence-electron chi connectivity index (χ4n) is 3.62. The first kappa shape index (κ1) is 14.3. The second kappa shape index (κ2) is 6.33. The Bertz CT molecular complexity index is 246. The molecule has 2 fully saturated rings. The number of nitrogens with two attached hydrogens (primary N) is 1. The summed E-state index contributed by atoms with van der Waals surface area (Å²) in [4.78, 5) is 0. The van der Waals surface area contributed by atoms with Crippen molar-refractivity contribution in [2.75, 3.05) is 19.8 Å². The lowest BCUT2D eigenvalue weighted by molar-refractivity contribution is -0.108. The van der Waals surface area contributed by atoms with Crippen molar-refractivity contribution in [2.24, 2.45) is 17.7 Å². The number of hydrogen-bond donors (Lipinski definition) is 2. The minimum absolute atomic E-state index is 0.0750. The van der Waals surface area contributed by atoms with Crippen molar-refractivity contribution >= 4 is 0 Å². The average molecular weight is 256 g/mol. The Balaban J connectivity index is 2.10. The van der Waals surface area contributed by atoms with Crippen LogP contribution in [-0.2, 0) is 9.47 Å². The van der Waals surface area contributed by atoms with Crippen molar-refractivity contribution in [1.82, 2.24) is 5.43 Å². The van der Waals surface area contributed by atoms with Crippen molar-refractivity contribution < 1.29 is 9.47 Å². The molecule has 1 heterocycles. The normalized spacial score (nSPS) is 38.8. The van der Waals surface area contributed by atoms with E-state index in [1.807, 2.05) is 0 Å². The zero-order valence-electron chi connectivity index (χ0n) is 11.8. The van der Waals surface area contributed by atoms with Crippen LogP contribution in [-0.4, -0.2) is 31.5 Å². The molecule has 2 unspecified atom stereocenters. The maximum absolute atomic E-state index is 6.19. The molecule has 4 heteroatoms. The number of rotatable bonds is 5. The SMILES string of the molecule is CCOC1(C(NN)C2CCOC2)CCC(C)CC1. The minimum Gasteiger partial charge on any atom is -0.381 e. The molecule has 0 aromatic heterocycles. The van der Waals surface area contributed by atoms with Crippen molar-refractivity contribution in [3.63, 3.8) is 0 Å². The Kier molecular flexibility index (Phi) is 5.01. The van der Waals surface area contributed by atoms with Crippen LogP contribution in [0.15, 0.2) is 0 Å². The summed E-state index contributed by atoms with van der Waals surface area (Å²) < 4.78 is 11.7. The molecular weight excluding hydrogens is 228 g/mol. The summed E-state index contributed by atoms with van der Waals surface area (Å²) in [5.74, 6) is 7.16. The molecule has 2 rings (SSSR count). The molecule has 1 saturated carbocycles. The van der Waals surface area contributed by atoms with Crippen molar-refractivity contribution in [2.45, 2.75) is 57.6 Å². The van der Waals surface area contributed by atoms with Crippen molar-refractivity contribution in [3.05, 3.63) is 0 Å². The Hall–Kier alpha value is -0.160. The van der Waals surface area contributed by atoms with E-state index in [0.717, 1.165) is 45.0 Å². The van der Waals surface area contributed by atoms with Gasteiger partial charge in [0.2, 0.25) is 0 Å². The standard InChI is InChI=1S/C14H28N2O2/c1-3-18-14(7-4-11(2)5-8-14)13(16-15)12-6-9-17-10-12/h11-13,16H,3-10,15H2,1-2H3. The summed E-state index contributed by atoms with van der Waals surface area (Å²) in [7, 11) is 0. The minimum atomic E-state index is -0.0750. The molecule has 0 spiro atoms.